The van der Waals surface area contributed by atoms with Crippen LogP contribution in [0.25, 0.3) is 0 Å². The first kappa shape index (κ1) is 60.3. The number of carbonyl (C=O) groups is 3. The average Bonchev–Trinajstić information content (AvgIpc) is 3.26. The van der Waals surface area contributed by atoms with Crippen LogP contribution in [0.1, 0.15) is 290 Å². The molecule has 0 saturated carbocycles. The predicted octanol–water partition coefficient (Wildman–Crippen LogP) is 14.7. The number of hydrogen-bond acceptors (Lipinski definition) is 9. The van der Waals surface area contributed by atoms with Gasteiger partial charge in [-0.05, 0) is 19.3 Å². The maximum absolute atomic E-state index is 13.4. The van der Waals surface area contributed by atoms with Crippen molar-refractivity contribution >= 4 is 17.9 Å². The maximum atomic E-state index is 13.4. The van der Waals surface area contributed by atoms with Gasteiger partial charge in [0.15, 0.2) is 5.41 Å². The first-order chi connectivity index (χ1) is 30.3. The number of rotatable bonds is 49. The van der Waals surface area contributed by atoms with E-state index >= 15 is 0 Å². The van der Waals surface area contributed by atoms with Gasteiger partial charge in [-0.1, -0.05) is 252 Å². The summed E-state index contributed by atoms with van der Waals surface area (Å²) in [4.78, 5) is 40.3. The third-order valence-electron chi connectivity index (χ3n) is 12.8. The zero-order valence-corrected chi connectivity index (χ0v) is 41.1. The molecule has 0 aromatic heterocycles. The topological polar surface area (TPSA) is 140 Å². The van der Waals surface area contributed by atoms with Gasteiger partial charge in [-0.2, -0.15) is 0 Å². The molecular formula is C53H102O9. The number of ether oxygens (including phenoxy) is 3. The van der Waals surface area contributed by atoms with E-state index in [1.165, 1.54) is 173 Å². The molecule has 0 unspecified atom stereocenters. The molecule has 0 bridgehead atoms. The third-order valence-corrected chi connectivity index (χ3v) is 12.8. The Morgan fingerprint density at radius 1 is 0.290 bits per heavy atom. The fourth-order valence-corrected chi connectivity index (χ4v) is 8.29. The lowest BCUT2D eigenvalue weighted by molar-refractivity contribution is -0.392. The second-order valence-electron chi connectivity index (χ2n) is 18.7. The summed E-state index contributed by atoms with van der Waals surface area (Å²) in [6.07, 6.45) is 44.7. The molecular weight excluding hydrogens is 781 g/mol. The molecule has 9 nitrogen and oxygen atoms in total. The summed E-state index contributed by atoms with van der Waals surface area (Å²) >= 11 is 0. The number of unbranched alkanes of at least 4 members (excludes halogenated alkanes) is 36. The van der Waals surface area contributed by atoms with Crippen LogP contribution < -0.4 is 0 Å². The minimum absolute atomic E-state index is 0.0231. The second-order valence-corrected chi connectivity index (χ2v) is 18.7. The van der Waals surface area contributed by atoms with Crippen LogP contribution in [0.3, 0.4) is 0 Å². The van der Waals surface area contributed by atoms with Gasteiger partial charge in [-0.15, -0.1) is 0 Å². The Balaban J connectivity index is 5.24. The number of esters is 3. The van der Waals surface area contributed by atoms with Crippen molar-refractivity contribution in [3.05, 3.63) is 0 Å². The molecule has 0 radical (unpaired) electrons. The highest BCUT2D eigenvalue weighted by molar-refractivity contribution is 5.74. The normalized spacial score (nSPS) is 11.9. The first-order valence-electron chi connectivity index (χ1n) is 26.8. The molecule has 0 amide bonds. The van der Waals surface area contributed by atoms with Crippen LogP contribution in [-0.4, -0.2) is 59.0 Å². The molecule has 0 saturated heterocycles. The van der Waals surface area contributed by atoms with Crippen LogP contribution in [-0.2, 0) is 28.6 Å². The van der Waals surface area contributed by atoms with Crippen molar-refractivity contribution in [2.45, 2.75) is 296 Å². The van der Waals surface area contributed by atoms with Crippen molar-refractivity contribution < 1.29 is 43.9 Å². The van der Waals surface area contributed by atoms with Crippen LogP contribution in [0.5, 0.6) is 0 Å². The number of carbonyl (C=O) groups excluding carboxylic acids is 3. The maximum Gasteiger partial charge on any atom is 0.436 e. The lowest BCUT2D eigenvalue weighted by atomic mass is 9.87. The van der Waals surface area contributed by atoms with Crippen molar-refractivity contribution in [1.29, 1.82) is 0 Å². The van der Waals surface area contributed by atoms with Gasteiger partial charge in [0, 0.05) is 19.3 Å². The molecule has 0 spiro atoms. The summed E-state index contributed by atoms with van der Waals surface area (Å²) in [6.45, 7) is 3.86. The van der Waals surface area contributed by atoms with Gasteiger partial charge in [0.1, 0.15) is 0 Å². The number of hydrogen-bond donors (Lipinski definition) is 3. The molecule has 62 heavy (non-hydrogen) atoms. The molecule has 0 aliphatic heterocycles. The highest BCUT2D eigenvalue weighted by Gasteiger charge is 2.62. The molecule has 0 aromatic carbocycles. The largest absolute Gasteiger partial charge is 0.436 e. The van der Waals surface area contributed by atoms with Crippen LogP contribution >= 0.6 is 0 Å². The zero-order valence-electron chi connectivity index (χ0n) is 41.1. The molecule has 0 aliphatic rings. The van der Waals surface area contributed by atoms with Crippen molar-refractivity contribution in [2.75, 3.05) is 19.8 Å². The van der Waals surface area contributed by atoms with Gasteiger partial charge in [-0.25, -0.2) is 0 Å². The lowest BCUT2D eigenvalue weighted by Gasteiger charge is -2.43. The summed E-state index contributed by atoms with van der Waals surface area (Å²) in [5.74, 6) is -5.15. The Labute approximate surface area is 382 Å². The van der Waals surface area contributed by atoms with Crippen LogP contribution in [0.2, 0.25) is 0 Å². The molecule has 0 heterocycles. The number of aliphatic hydroxyl groups excluding tert-OH is 3. The van der Waals surface area contributed by atoms with Crippen molar-refractivity contribution in [2.24, 2.45) is 5.41 Å². The van der Waals surface area contributed by atoms with Crippen molar-refractivity contribution in [3.8, 4) is 0 Å². The summed E-state index contributed by atoms with van der Waals surface area (Å²) in [5, 5.41) is 31.7. The monoisotopic (exact) mass is 883 g/mol. The molecule has 0 rings (SSSR count). The molecule has 368 valence electrons. The highest BCUT2D eigenvalue weighted by Crippen LogP contribution is 2.39. The SMILES string of the molecule is CCCCCCCCCCCCCCCC(=O)OC(OC(=O)CCCCCCCCCCCCCCC)(OC(=O)CCCCCCCCCCCCCCC)C(CO)(CO)CO. The van der Waals surface area contributed by atoms with E-state index in [-0.39, 0.29) is 19.3 Å². The fraction of sp³-hybridized carbons (Fsp3) is 0.943. The molecule has 3 N–H and O–H groups in total. The summed E-state index contributed by atoms with van der Waals surface area (Å²) in [7, 11) is 0. The van der Waals surface area contributed by atoms with Gasteiger partial charge in [-0.3, -0.25) is 14.4 Å². The van der Waals surface area contributed by atoms with E-state index < -0.39 is 49.1 Å². The van der Waals surface area contributed by atoms with E-state index in [2.05, 4.69) is 20.8 Å². The van der Waals surface area contributed by atoms with Gasteiger partial charge in [0.2, 0.25) is 0 Å². The standard InChI is InChI=1S/C53H102O9/c1-4-7-10-13-16-19-22-25-28-31-34-37-40-43-49(57)60-53(52(46-54,47-55)48-56,61-50(58)44-41-38-35-32-29-26-23-20-17-14-11-8-5-2)62-51(59)45-42-39-36-33-30-27-24-21-18-15-12-9-6-3/h54-56H,4-48H2,1-3H3. The van der Waals surface area contributed by atoms with Gasteiger partial charge < -0.3 is 29.5 Å². The van der Waals surface area contributed by atoms with Crippen molar-refractivity contribution in [1.82, 2.24) is 0 Å². The first-order valence-corrected chi connectivity index (χ1v) is 26.8. The van der Waals surface area contributed by atoms with E-state index in [1.807, 2.05) is 0 Å². The van der Waals surface area contributed by atoms with E-state index in [0.717, 1.165) is 57.8 Å². The quantitative estimate of drug-likeness (QED) is 0.0309. The van der Waals surface area contributed by atoms with Gasteiger partial charge >= 0.3 is 23.9 Å². The smallest absolute Gasteiger partial charge is 0.395 e. The molecule has 9 heteroatoms. The number of aliphatic hydroxyl groups is 3. The Morgan fingerprint density at radius 2 is 0.452 bits per heavy atom. The van der Waals surface area contributed by atoms with Crippen LogP contribution in [0.4, 0.5) is 0 Å². The molecule has 0 aromatic rings. The van der Waals surface area contributed by atoms with Gasteiger partial charge in [0.25, 0.3) is 0 Å². The Kier molecular flexibility index (Phi) is 43.3. The lowest BCUT2D eigenvalue weighted by Crippen LogP contribution is -2.62. The van der Waals surface area contributed by atoms with E-state index in [9.17, 15) is 29.7 Å². The Bertz CT molecular complexity index is 882. The fourth-order valence-electron chi connectivity index (χ4n) is 8.29. The predicted molar refractivity (Wildman–Crippen MR) is 256 cm³/mol. The molecule has 0 atom stereocenters. The minimum atomic E-state index is -2.81. The summed E-state index contributed by atoms with van der Waals surface area (Å²) in [6, 6.07) is 0. The van der Waals surface area contributed by atoms with Crippen LogP contribution in [0, 0.1) is 5.41 Å². The zero-order chi connectivity index (χ0) is 45.7. The van der Waals surface area contributed by atoms with E-state index in [4.69, 9.17) is 14.2 Å². The van der Waals surface area contributed by atoms with Crippen LogP contribution in [0.15, 0.2) is 0 Å². The third kappa shape index (κ3) is 32.9. The summed E-state index contributed by atoms with van der Waals surface area (Å²) in [5.41, 5.74) is -2.17. The summed E-state index contributed by atoms with van der Waals surface area (Å²) < 4.78 is 17.3. The van der Waals surface area contributed by atoms with Gasteiger partial charge in [0.05, 0.1) is 19.8 Å². The molecule has 0 fully saturated rings. The minimum Gasteiger partial charge on any atom is -0.395 e. The highest BCUT2D eigenvalue weighted by atomic mass is 16.9. The van der Waals surface area contributed by atoms with E-state index in [1.54, 1.807) is 0 Å². The van der Waals surface area contributed by atoms with Crippen molar-refractivity contribution in [3.63, 3.8) is 0 Å². The Morgan fingerprint density at radius 3 is 0.613 bits per heavy atom. The average molecular weight is 883 g/mol. The second kappa shape index (κ2) is 44.5. The van der Waals surface area contributed by atoms with E-state index in [0.29, 0.717) is 19.3 Å². The molecule has 0 aliphatic carbocycles. The Hall–Kier alpha value is -1.71.